The monoisotopic (exact) mass is 601 g/mol. The Morgan fingerprint density at radius 3 is 2.35 bits per heavy atom. The number of benzene rings is 3. The summed E-state index contributed by atoms with van der Waals surface area (Å²) in [5.41, 5.74) is 2.53. The van der Waals surface area contributed by atoms with Crippen molar-refractivity contribution in [3.05, 3.63) is 105 Å². The van der Waals surface area contributed by atoms with Crippen LogP contribution in [0.15, 0.2) is 98.8 Å². The van der Waals surface area contributed by atoms with Gasteiger partial charge < -0.3 is 0 Å². The Hall–Kier alpha value is -4.78. The van der Waals surface area contributed by atoms with Crippen LogP contribution in [0.2, 0.25) is 0 Å². The molecule has 0 radical (unpaired) electrons. The lowest BCUT2D eigenvalue weighted by Gasteiger charge is -2.25. The van der Waals surface area contributed by atoms with E-state index in [1.807, 2.05) is 30.3 Å². The second-order valence-corrected chi connectivity index (χ2v) is 10.3. The first kappa shape index (κ1) is 25.5. The Morgan fingerprint density at radius 1 is 0.975 bits per heavy atom. The molecule has 0 saturated carbocycles. The summed E-state index contributed by atoms with van der Waals surface area (Å²) in [4.78, 5) is 51.7. The second kappa shape index (κ2) is 10.1. The van der Waals surface area contributed by atoms with Gasteiger partial charge in [-0.2, -0.15) is 10.2 Å². The minimum atomic E-state index is -1.05. The third-order valence-corrected chi connectivity index (χ3v) is 7.53. The predicted molar refractivity (Wildman–Crippen MR) is 146 cm³/mol. The van der Waals surface area contributed by atoms with Crippen molar-refractivity contribution in [1.82, 2.24) is 10.0 Å². The molecule has 0 N–H and O–H groups in total. The molecule has 0 aromatic heterocycles. The van der Waals surface area contributed by atoms with Crippen molar-refractivity contribution >= 4 is 50.7 Å². The van der Waals surface area contributed by atoms with E-state index >= 15 is 0 Å². The molecule has 1 saturated heterocycles. The summed E-state index contributed by atoms with van der Waals surface area (Å²) in [6, 6.07) is 19.5. The first-order chi connectivity index (χ1) is 19.3. The molecular formula is C27H20BrN7O5. The largest absolute Gasteiger partial charge is 0.271 e. The highest BCUT2D eigenvalue weighted by Gasteiger charge is 2.55. The summed E-state index contributed by atoms with van der Waals surface area (Å²) >= 11 is 3.34. The van der Waals surface area contributed by atoms with E-state index in [1.165, 1.54) is 22.2 Å². The number of hydrazone groups is 1. The fourth-order valence-corrected chi connectivity index (χ4v) is 5.30. The van der Waals surface area contributed by atoms with E-state index < -0.39 is 40.8 Å². The zero-order valence-electron chi connectivity index (χ0n) is 20.7. The molecule has 3 heterocycles. The van der Waals surface area contributed by atoms with Gasteiger partial charge in [0.2, 0.25) is 0 Å². The van der Waals surface area contributed by atoms with E-state index in [9.17, 15) is 24.5 Å². The van der Waals surface area contributed by atoms with Crippen molar-refractivity contribution in [3.63, 3.8) is 0 Å². The summed E-state index contributed by atoms with van der Waals surface area (Å²) in [6.45, 7) is -0.340. The van der Waals surface area contributed by atoms with Gasteiger partial charge in [0.05, 0.1) is 22.4 Å². The highest BCUT2D eigenvalue weighted by atomic mass is 79.9. The van der Waals surface area contributed by atoms with Crippen LogP contribution in [-0.2, 0) is 14.4 Å². The zero-order chi connectivity index (χ0) is 28.0. The Morgan fingerprint density at radius 2 is 1.68 bits per heavy atom. The van der Waals surface area contributed by atoms with Gasteiger partial charge in [0.15, 0.2) is 12.1 Å². The minimum absolute atomic E-state index is 0.0629. The van der Waals surface area contributed by atoms with Crippen LogP contribution in [0.1, 0.15) is 23.6 Å². The summed E-state index contributed by atoms with van der Waals surface area (Å²) in [7, 11) is 0. The van der Waals surface area contributed by atoms with Crippen LogP contribution in [0, 0.1) is 10.1 Å². The van der Waals surface area contributed by atoms with E-state index in [4.69, 9.17) is 0 Å². The number of hydrogen-bond acceptors (Lipinski definition) is 9. The molecule has 0 aliphatic carbocycles. The van der Waals surface area contributed by atoms with Gasteiger partial charge in [-0.15, -0.1) is 0 Å². The first-order valence-corrected chi connectivity index (χ1v) is 13.1. The molecule has 3 atom stereocenters. The lowest BCUT2D eigenvalue weighted by atomic mass is 9.98. The van der Waals surface area contributed by atoms with Crippen molar-refractivity contribution in [1.29, 1.82) is 0 Å². The summed E-state index contributed by atoms with van der Waals surface area (Å²) in [5.74, 6) is -1.49. The number of amides is 3. The van der Waals surface area contributed by atoms with E-state index in [0.29, 0.717) is 23.4 Å². The van der Waals surface area contributed by atoms with Crippen LogP contribution >= 0.6 is 15.9 Å². The fourth-order valence-electron chi connectivity index (χ4n) is 5.03. The highest BCUT2D eigenvalue weighted by Crippen LogP contribution is 2.36. The minimum Gasteiger partial charge on any atom is -0.271 e. The van der Waals surface area contributed by atoms with Crippen molar-refractivity contribution in [2.45, 2.75) is 24.5 Å². The van der Waals surface area contributed by atoms with Crippen LogP contribution in [-0.4, -0.2) is 57.0 Å². The van der Waals surface area contributed by atoms with Gasteiger partial charge in [0.25, 0.3) is 23.4 Å². The predicted octanol–water partition coefficient (Wildman–Crippen LogP) is 4.03. The van der Waals surface area contributed by atoms with Crippen LogP contribution < -0.4 is 4.90 Å². The van der Waals surface area contributed by atoms with Gasteiger partial charge in [-0.25, -0.2) is 9.91 Å². The van der Waals surface area contributed by atoms with Gasteiger partial charge in [-0.05, 0) is 35.4 Å². The van der Waals surface area contributed by atoms with Crippen molar-refractivity contribution in [2.75, 3.05) is 11.4 Å². The number of rotatable bonds is 6. The smallest absolute Gasteiger partial charge is 0.269 e. The molecule has 3 aromatic carbocycles. The Labute approximate surface area is 235 Å². The van der Waals surface area contributed by atoms with Crippen molar-refractivity contribution < 1.29 is 19.3 Å². The summed E-state index contributed by atoms with van der Waals surface area (Å²) < 4.78 is 0.797. The van der Waals surface area contributed by atoms with Gasteiger partial charge in [-0.3, -0.25) is 29.5 Å². The van der Waals surface area contributed by atoms with E-state index in [-0.39, 0.29) is 12.2 Å². The number of imide groups is 1. The molecule has 3 amide bonds. The number of nitro benzene ring substituents is 1. The second-order valence-electron chi connectivity index (χ2n) is 9.40. The molecule has 40 heavy (non-hydrogen) atoms. The van der Waals surface area contributed by atoms with E-state index in [1.54, 1.807) is 36.4 Å². The third kappa shape index (κ3) is 4.43. The first-order valence-electron chi connectivity index (χ1n) is 12.3. The number of hydrogen-bond donors (Lipinski definition) is 0. The van der Waals surface area contributed by atoms with E-state index in [2.05, 4.69) is 31.4 Å². The van der Waals surface area contributed by atoms with Crippen LogP contribution in [0.4, 0.5) is 11.4 Å². The molecule has 3 aromatic rings. The van der Waals surface area contributed by atoms with Crippen molar-refractivity contribution in [2.24, 2.45) is 15.4 Å². The molecule has 3 aliphatic rings. The molecule has 12 nitrogen and oxygen atoms in total. The van der Waals surface area contributed by atoms with E-state index in [0.717, 1.165) is 14.9 Å². The zero-order valence-corrected chi connectivity index (χ0v) is 22.3. The van der Waals surface area contributed by atoms with Gasteiger partial charge in [0.1, 0.15) is 6.54 Å². The average Bonchev–Trinajstić information content (AvgIpc) is 3.65. The third-order valence-electron chi connectivity index (χ3n) is 7.00. The molecule has 0 bridgehead atoms. The Balaban J connectivity index is 1.26. The summed E-state index contributed by atoms with van der Waals surface area (Å²) in [6.07, 6.45) is 0.385. The number of anilines is 1. The van der Waals surface area contributed by atoms with Crippen LogP contribution in [0.5, 0.6) is 0 Å². The molecule has 13 heteroatoms. The number of nitrogens with zero attached hydrogens (tertiary/aromatic N) is 7. The molecule has 3 aliphatic heterocycles. The number of non-ortho nitro benzene ring substituents is 1. The molecule has 0 spiro atoms. The molecule has 0 unspecified atom stereocenters. The normalized spacial score (nSPS) is 21.7. The Bertz CT molecular complexity index is 1580. The molecule has 200 valence electrons. The average molecular weight is 602 g/mol. The maximum Gasteiger partial charge on any atom is 0.269 e. The SMILES string of the molecule is O=C1[C@H]2N=NN(CC(=O)N3N=C(c4ccccc4)C[C@@H]3c3ccc([N+](=O)[O-])cc3)[C@@H]2C(=O)N1c1ccc(Br)cc1. The molecule has 6 rings (SSSR count). The number of fused-ring (bicyclic) bond motifs is 1. The van der Waals surface area contributed by atoms with Gasteiger partial charge in [-0.1, -0.05) is 63.6 Å². The lowest BCUT2D eigenvalue weighted by Crippen LogP contribution is -2.44. The lowest BCUT2D eigenvalue weighted by molar-refractivity contribution is -0.384. The van der Waals surface area contributed by atoms with Crippen molar-refractivity contribution in [3.8, 4) is 0 Å². The Kier molecular flexibility index (Phi) is 6.42. The van der Waals surface area contributed by atoms with Crippen LogP contribution in [0.3, 0.4) is 0 Å². The number of nitro groups is 1. The maximum absolute atomic E-state index is 13.7. The van der Waals surface area contributed by atoms with Crippen LogP contribution in [0.25, 0.3) is 0 Å². The van der Waals surface area contributed by atoms with Gasteiger partial charge >= 0.3 is 0 Å². The number of halogens is 1. The number of carbonyl (C=O) groups is 3. The quantitative estimate of drug-likeness (QED) is 0.237. The standard InChI is InChI=1S/C27H20BrN7O5/c28-18-8-12-19(13-9-18)33-26(37)24-25(27(33)38)32(31-29-24)15-23(36)34-22(17-6-10-20(11-7-17)35(39)40)14-21(30-34)16-4-2-1-3-5-16/h1-13,22,24-25H,14-15H2/t22-,24+,25+/m1/s1. The highest BCUT2D eigenvalue weighted by molar-refractivity contribution is 9.10. The topological polar surface area (TPSA) is 141 Å². The maximum atomic E-state index is 13.7. The summed E-state index contributed by atoms with van der Waals surface area (Å²) in [5, 5.41) is 26.3. The molecule has 1 fully saturated rings. The number of carbonyl (C=O) groups excluding carboxylic acids is 3. The van der Waals surface area contributed by atoms with Gasteiger partial charge in [0, 0.05) is 23.0 Å². The molecular weight excluding hydrogens is 582 g/mol. The fraction of sp³-hybridized carbons (Fsp3) is 0.185.